The molecule has 0 aliphatic heterocycles. The van der Waals surface area contributed by atoms with Gasteiger partial charge < -0.3 is 9.45 Å². The summed E-state index contributed by atoms with van der Waals surface area (Å²) in [4.78, 5) is 3.40. The lowest BCUT2D eigenvalue weighted by atomic mass is 10.1. The van der Waals surface area contributed by atoms with Crippen LogP contribution in [0.2, 0.25) is 0 Å². The van der Waals surface area contributed by atoms with E-state index in [0.29, 0.717) is 11.7 Å². The van der Waals surface area contributed by atoms with Gasteiger partial charge in [0.1, 0.15) is 11.4 Å². The number of azo groups is 1. The largest absolute Gasteiger partial charge is 0.748 e. The van der Waals surface area contributed by atoms with Crippen LogP contribution in [-0.2, 0) is 23.2 Å². The van der Waals surface area contributed by atoms with Crippen molar-refractivity contribution in [1.29, 1.82) is 0 Å². The molecule has 2 aromatic carbocycles. The zero-order valence-electron chi connectivity index (χ0n) is 19.5. The van der Waals surface area contributed by atoms with Gasteiger partial charge in [-0.1, -0.05) is 30.3 Å². The van der Waals surface area contributed by atoms with Gasteiger partial charge in [-0.3, -0.25) is 0 Å². The van der Waals surface area contributed by atoms with Gasteiger partial charge in [-0.05, 0) is 79.9 Å². The van der Waals surface area contributed by atoms with E-state index in [4.69, 9.17) is 0 Å². The first-order valence-corrected chi connectivity index (χ1v) is 13.3. The molecular weight excluding hydrogens is 456 g/mol. The maximum Gasteiger partial charge on any atom is 0.408 e. The highest BCUT2D eigenvalue weighted by molar-refractivity contribution is 7.85. The molecule has 3 aromatic rings. The molecule has 176 valence electrons. The molecule has 0 unspecified atom stereocenters. The molecule has 1 heterocycles. The molecule has 0 spiro atoms. The van der Waals surface area contributed by atoms with Gasteiger partial charge in [-0.15, -0.1) is 0 Å². The minimum absolute atomic E-state index is 0.248. The number of nitrogens with zero attached hydrogens (tertiary/aromatic N) is 4. The second-order valence-electron chi connectivity index (χ2n) is 7.96. The average molecular weight is 487 g/mol. The maximum atomic E-state index is 10.9. The molecule has 0 saturated carbocycles. The van der Waals surface area contributed by atoms with Crippen molar-refractivity contribution in [2.24, 2.45) is 10.2 Å². The fraction of sp³-hybridized carbons (Fsp3) is 0.375. The van der Waals surface area contributed by atoms with Crippen molar-refractivity contribution in [2.45, 2.75) is 47.2 Å². The van der Waals surface area contributed by atoms with Crippen LogP contribution < -0.4 is 9.47 Å². The Bertz CT molecular complexity index is 1220. The van der Waals surface area contributed by atoms with Crippen LogP contribution in [-0.4, -0.2) is 25.3 Å². The number of aromatic nitrogens is 1. The lowest BCUT2D eigenvalue weighted by Gasteiger charge is -2.23. The summed E-state index contributed by atoms with van der Waals surface area (Å²) in [5.41, 5.74) is 5.21. The van der Waals surface area contributed by atoms with Crippen molar-refractivity contribution >= 4 is 38.0 Å². The number of anilines is 1. The highest BCUT2D eigenvalue weighted by Gasteiger charge is 2.20. The normalized spacial score (nSPS) is 11.9. The standard InChI is InChI=1S/C24H30N4O3S2/c1-5-27(17-21-10-7-6-8-11-21)22-12-13-23(18(2)16-22)25-26-24-28(19(3)20(4)32-24)14-9-15-33(29,30)31/h6-8,10-13,16H,5,9,14-15,17H2,1-4H3. The maximum absolute atomic E-state index is 10.9. The van der Waals surface area contributed by atoms with E-state index >= 15 is 0 Å². The summed E-state index contributed by atoms with van der Waals surface area (Å²) in [5, 5.41) is 9.63. The van der Waals surface area contributed by atoms with Gasteiger partial charge in [0.2, 0.25) is 0 Å². The highest BCUT2D eigenvalue weighted by atomic mass is 32.2. The smallest absolute Gasteiger partial charge is 0.408 e. The molecule has 0 bridgehead atoms. The van der Waals surface area contributed by atoms with Crippen LogP contribution in [0.1, 0.15) is 35.0 Å². The first kappa shape index (κ1) is 25.0. The first-order chi connectivity index (χ1) is 15.7. The molecule has 1 aromatic heterocycles. The molecule has 9 heteroatoms. The Morgan fingerprint density at radius 3 is 2.42 bits per heavy atom. The molecule has 7 nitrogen and oxygen atoms in total. The van der Waals surface area contributed by atoms with Crippen molar-refractivity contribution in [3.05, 3.63) is 70.2 Å². The fourth-order valence-corrected chi connectivity index (χ4v) is 5.01. The molecule has 0 saturated heterocycles. The topological polar surface area (TPSA) is 89.0 Å². The van der Waals surface area contributed by atoms with E-state index in [-0.39, 0.29) is 12.2 Å². The van der Waals surface area contributed by atoms with Gasteiger partial charge in [-0.2, -0.15) is 0 Å². The Hall–Kier alpha value is -2.62. The highest BCUT2D eigenvalue weighted by Crippen LogP contribution is 2.29. The second-order valence-corrected chi connectivity index (χ2v) is 10.7. The molecule has 0 amide bonds. The molecule has 0 aliphatic rings. The summed E-state index contributed by atoms with van der Waals surface area (Å²) in [6.07, 6.45) is 0.248. The van der Waals surface area contributed by atoms with Crippen LogP contribution in [0, 0.1) is 20.8 Å². The zero-order valence-corrected chi connectivity index (χ0v) is 21.1. The number of hydrogen-bond acceptors (Lipinski definition) is 7. The van der Waals surface area contributed by atoms with Crippen molar-refractivity contribution in [1.82, 2.24) is 0 Å². The van der Waals surface area contributed by atoms with Crippen molar-refractivity contribution in [3.8, 4) is 0 Å². The summed E-state index contributed by atoms with van der Waals surface area (Å²) in [6.45, 7) is 10.3. The Labute approximate surface area is 200 Å². The van der Waals surface area contributed by atoms with E-state index in [2.05, 4.69) is 58.5 Å². The van der Waals surface area contributed by atoms with E-state index in [1.54, 1.807) is 0 Å². The summed E-state index contributed by atoms with van der Waals surface area (Å²) in [6, 6.07) is 16.6. The summed E-state index contributed by atoms with van der Waals surface area (Å²) in [7, 11) is -4.23. The predicted molar refractivity (Wildman–Crippen MR) is 132 cm³/mol. The quantitative estimate of drug-likeness (QED) is 0.220. The summed E-state index contributed by atoms with van der Waals surface area (Å²) in [5.74, 6) is -0.387. The second kappa shape index (κ2) is 11.0. The van der Waals surface area contributed by atoms with E-state index in [9.17, 15) is 13.0 Å². The zero-order chi connectivity index (χ0) is 24.0. The minimum atomic E-state index is -4.23. The van der Waals surface area contributed by atoms with Gasteiger partial charge in [0.05, 0.1) is 26.7 Å². The number of hydrogen-bond donors (Lipinski definition) is 0. The number of aryl methyl sites for hydroxylation is 2. The van der Waals surface area contributed by atoms with Crippen LogP contribution in [0.25, 0.3) is 0 Å². The Balaban J connectivity index is 1.77. The van der Waals surface area contributed by atoms with Crippen molar-refractivity contribution in [3.63, 3.8) is 0 Å². The van der Waals surface area contributed by atoms with Crippen LogP contribution in [0.3, 0.4) is 0 Å². The van der Waals surface area contributed by atoms with Gasteiger partial charge in [0.25, 0.3) is 0 Å². The Morgan fingerprint density at radius 1 is 1.06 bits per heavy atom. The summed E-state index contributed by atoms with van der Waals surface area (Å²) >= 11 is 1.50. The van der Waals surface area contributed by atoms with Crippen LogP contribution in [0.15, 0.2) is 58.8 Å². The molecule has 3 rings (SSSR count). The third kappa shape index (κ3) is 6.93. The van der Waals surface area contributed by atoms with Crippen LogP contribution in [0.5, 0.6) is 0 Å². The Kier molecular flexibility index (Phi) is 8.34. The van der Waals surface area contributed by atoms with Crippen molar-refractivity contribution in [2.75, 3.05) is 17.2 Å². The predicted octanol–water partition coefficient (Wildman–Crippen LogP) is 5.34. The molecule has 0 radical (unpaired) electrons. The third-order valence-corrected chi connectivity index (χ3v) is 7.43. The van der Waals surface area contributed by atoms with Crippen molar-refractivity contribution < 1.29 is 17.5 Å². The number of benzene rings is 2. The van der Waals surface area contributed by atoms with Gasteiger partial charge in [0, 0.05) is 24.5 Å². The fourth-order valence-electron chi connectivity index (χ4n) is 3.57. The van der Waals surface area contributed by atoms with E-state index < -0.39 is 10.1 Å². The number of thiazole rings is 1. The molecule has 33 heavy (non-hydrogen) atoms. The SMILES string of the molecule is CCN(Cc1ccccc1)c1ccc(N=Nc2sc(C)c(C)[n+]2CCCS(=O)(=O)[O-])c(C)c1. The molecule has 0 N–H and O–H groups in total. The third-order valence-electron chi connectivity index (χ3n) is 5.55. The van der Waals surface area contributed by atoms with Gasteiger partial charge in [-0.25, -0.2) is 13.0 Å². The number of rotatable bonds is 10. The molecule has 0 fully saturated rings. The van der Waals surface area contributed by atoms with Gasteiger partial charge >= 0.3 is 5.13 Å². The van der Waals surface area contributed by atoms with Crippen LogP contribution in [0.4, 0.5) is 16.5 Å². The lowest BCUT2D eigenvalue weighted by molar-refractivity contribution is -0.686. The minimum Gasteiger partial charge on any atom is -0.748 e. The van der Waals surface area contributed by atoms with Gasteiger partial charge in [0.15, 0.2) is 0 Å². The first-order valence-electron chi connectivity index (χ1n) is 10.9. The average Bonchev–Trinajstić information content (AvgIpc) is 3.04. The van der Waals surface area contributed by atoms with E-state index in [1.807, 2.05) is 37.5 Å². The van der Waals surface area contributed by atoms with E-state index in [1.165, 1.54) is 16.9 Å². The monoisotopic (exact) mass is 486 g/mol. The van der Waals surface area contributed by atoms with Crippen LogP contribution >= 0.6 is 11.3 Å². The van der Waals surface area contributed by atoms with E-state index in [0.717, 1.165) is 40.6 Å². The summed E-state index contributed by atoms with van der Waals surface area (Å²) < 4.78 is 34.7. The lowest BCUT2D eigenvalue weighted by Crippen LogP contribution is -2.36. The Morgan fingerprint density at radius 2 is 1.79 bits per heavy atom. The molecule has 0 aliphatic carbocycles. The molecule has 0 atom stereocenters. The molecular formula is C24H30N4O3S2.